The highest BCUT2D eigenvalue weighted by Gasteiger charge is 2.27. The summed E-state index contributed by atoms with van der Waals surface area (Å²) in [5.74, 6) is 0.950. The van der Waals surface area contributed by atoms with E-state index >= 15 is 0 Å². The predicted molar refractivity (Wildman–Crippen MR) is 64.4 cm³/mol. The summed E-state index contributed by atoms with van der Waals surface area (Å²) in [7, 11) is 2.91. The van der Waals surface area contributed by atoms with Gasteiger partial charge in [0.15, 0.2) is 0 Å². The fourth-order valence-corrected chi connectivity index (χ4v) is 1.75. The van der Waals surface area contributed by atoms with E-state index in [0.29, 0.717) is 17.1 Å². The van der Waals surface area contributed by atoms with Crippen molar-refractivity contribution in [2.75, 3.05) is 14.2 Å². The Morgan fingerprint density at radius 3 is 2.42 bits per heavy atom. The first-order chi connectivity index (χ1) is 8.87. The summed E-state index contributed by atoms with van der Waals surface area (Å²) in [6.07, 6.45) is -6.23. The van der Waals surface area contributed by atoms with Gasteiger partial charge in [0.05, 0.1) is 20.3 Å². The Morgan fingerprint density at radius 1 is 1.21 bits per heavy atom. The molecule has 1 atom stereocenters. The lowest BCUT2D eigenvalue weighted by Crippen LogP contribution is -2.08. The van der Waals surface area contributed by atoms with Gasteiger partial charge in [-0.15, -0.1) is 0 Å². The molecular weight excluding hydrogens is 261 g/mol. The normalized spacial score (nSPS) is 13.2. The Morgan fingerprint density at radius 2 is 1.89 bits per heavy atom. The molecule has 6 heteroatoms. The maximum absolute atomic E-state index is 12.0. The van der Waals surface area contributed by atoms with E-state index < -0.39 is 18.7 Å². The Hall–Kier alpha value is -1.43. The summed E-state index contributed by atoms with van der Waals surface area (Å²) in [6.45, 7) is 0. The fourth-order valence-electron chi connectivity index (χ4n) is 1.75. The molecule has 1 rings (SSSR count). The molecule has 0 bridgehead atoms. The minimum Gasteiger partial charge on any atom is -0.497 e. The molecule has 0 saturated heterocycles. The Kier molecular flexibility index (Phi) is 5.47. The zero-order valence-corrected chi connectivity index (χ0v) is 10.8. The minimum atomic E-state index is -4.20. The van der Waals surface area contributed by atoms with Crippen LogP contribution < -0.4 is 9.47 Å². The van der Waals surface area contributed by atoms with Crippen molar-refractivity contribution in [2.45, 2.75) is 31.5 Å². The van der Waals surface area contributed by atoms with Crippen LogP contribution in [0.2, 0.25) is 0 Å². The maximum atomic E-state index is 12.0. The lowest BCUT2D eigenvalue weighted by atomic mass is 10.0. The summed E-state index contributed by atoms with van der Waals surface area (Å²) in [5, 5.41) is 9.95. The maximum Gasteiger partial charge on any atom is 0.389 e. The highest BCUT2D eigenvalue weighted by molar-refractivity contribution is 5.41. The first-order valence-corrected chi connectivity index (χ1v) is 5.84. The summed E-state index contributed by atoms with van der Waals surface area (Å²) in [4.78, 5) is 0. The van der Waals surface area contributed by atoms with Crippen LogP contribution in [-0.2, 0) is 0 Å². The van der Waals surface area contributed by atoms with Crippen molar-refractivity contribution in [3.05, 3.63) is 23.8 Å². The monoisotopic (exact) mass is 278 g/mol. The van der Waals surface area contributed by atoms with Crippen molar-refractivity contribution in [3.63, 3.8) is 0 Å². The minimum absolute atomic E-state index is 0.0169. The first kappa shape index (κ1) is 15.6. The van der Waals surface area contributed by atoms with Crippen LogP contribution in [0.25, 0.3) is 0 Å². The number of methoxy groups -OCH3 is 2. The smallest absolute Gasteiger partial charge is 0.389 e. The molecule has 1 aromatic rings. The Bertz CT molecular complexity index is 405. The highest BCUT2D eigenvalue weighted by atomic mass is 19.4. The van der Waals surface area contributed by atoms with Crippen molar-refractivity contribution in [3.8, 4) is 11.5 Å². The van der Waals surface area contributed by atoms with Crippen LogP contribution in [0.4, 0.5) is 13.2 Å². The molecular formula is C13H17F3O3. The first-order valence-electron chi connectivity index (χ1n) is 5.84. The number of rotatable bonds is 6. The lowest BCUT2D eigenvalue weighted by molar-refractivity contribution is -0.136. The molecule has 0 aliphatic heterocycles. The largest absolute Gasteiger partial charge is 0.497 e. The molecule has 1 unspecified atom stereocenters. The van der Waals surface area contributed by atoms with Crippen molar-refractivity contribution in [1.82, 2.24) is 0 Å². The van der Waals surface area contributed by atoms with Gasteiger partial charge >= 0.3 is 6.18 Å². The second-order valence-corrected chi connectivity index (χ2v) is 4.13. The van der Waals surface area contributed by atoms with Crippen molar-refractivity contribution < 1.29 is 27.8 Å². The van der Waals surface area contributed by atoms with Gasteiger partial charge in [-0.2, -0.15) is 13.2 Å². The number of aliphatic hydroxyl groups is 1. The van der Waals surface area contributed by atoms with Crippen molar-refractivity contribution >= 4 is 0 Å². The Labute approximate surface area is 110 Å². The highest BCUT2D eigenvalue weighted by Crippen LogP contribution is 2.33. The number of aliphatic hydroxyl groups excluding tert-OH is 1. The molecule has 0 spiro atoms. The molecule has 0 amide bonds. The van der Waals surface area contributed by atoms with Crippen molar-refractivity contribution in [1.29, 1.82) is 0 Å². The third-order valence-electron chi connectivity index (χ3n) is 2.73. The zero-order valence-electron chi connectivity index (χ0n) is 10.8. The van der Waals surface area contributed by atoms with E-state index in [1.807, 2.05) is 0 Å². The third kappa shape index (κ3) is 4.98. The molecule has 0 aliphatic rings. The van der Waals surface area contributed by atoms with Crippen LogP contribution in [0.3, 0.4) is 0 Å². The van der Waals surface area contributed by atoms with E-state index in [-0.39, 0.29) is 12.8 Å². The summed E-state index contributed by atoms with van der Waals surface area (Å²) in [6, 6.07) is 4.84. The summed E-state index contributed by atoms with van der Waals surface area (Å²) >= 11 is 0. The second-order valence-electron chi connectivity index (χ2n) is 4.13. The number of hydrogen-bond donors (Lipinski definition) is 1. The molecule has 0 radical (unpaired) electrons. The van der Waals surface area contributed by atoms with Crippen LogP contribution in [0.1, 0.15) is 30.9 Å². The SMILES string of the molecule is COc1ccc(OC)c(C(O)CCCC(F)(F)F)c1. The standard InChI is InChI=1S/C13H17F3O3/c1-18-9-5-6-12(19-2)10(8-9)11(17)4-3-7-13(14,15)16/h5-6,8,11,17H,3-4,7H2,1-2H3. The number of halogens is 3. The molecule has 3 nitrogen and oxygen atoms in total. The van der Waals surface area contributed by atoms with Gasteiger partial charge in [0.2, 0.25) is 0 Å². The average Bonchev–Trinajstić information content (AvgIpc) is 2.36. The van der Waals surface area contributed by atoms with E-state index in [1.54, 1.807) is 18.2 Å². The summed E-state index contributed by atoms with van der Waals surface area (Å²) in [5.41, 5.74) is 0.434. The molecule has 0 aromatic heterocycles. The molecule has 19 heavy (non-hydrogen) atoms. The van der Waals surface area contributed by atoms with E-state index in [4.69, 9.17) is 9.47 Å². The van der Waals surface area contributed by atoms with Gasteiger partial charge in [-0.25, -0.2) is 0 Å². The summed E-state index contributed by atoms with van der Waals surface area (Å²) < 4.78 is 46.2. The lowest BCUT2D eigenvalue weighted by Gasteiger charge is -2.16. The van der Waals surface area contributed by atoms with Crippen LogP contribution in [0.5, 0.6) is 11.5 Å². The van der Waals surface area contributed by atoms with E-state index in [0.717, 1.165) is 0 Å². The van der Waals surface area contributed by atoms with Gasteiger partial charge in [-0.3, -0.25) is 0 Å². The molecule has 0 heterocycles. The van der Waals surface area contributed by atoms with Crippen LogP contribution >= 0.6 is 0 Å². The van der Waals surface area contributed by atoms with Gasteiger partial charge in [-0.1, -0.05) is 0 Å². The van der Waals surface area contributed by atoms with Crippen LogP contribution in [-0.4, -0.2) is 25.5 Å². The van der Waals surface area contributed by atoms with E-state index in [1.165, 1.54) is 14.2 Å². The third-order valence-corrected chi connectivity index (χ3v) is 2.73. The molecule has 0 fully saturated rings. The molecule has 0 saturated carbocycles. The van der Waals surface area contributed by atoms with Crippen LogP contribution in [0.15, 0.2) is 18.2 Å². The van der Waals surface area contributed by atoms with Gasteiger partial charge in [0, 0.05) is 12.0 Å². The van der Waals surface area contributed by atoms with Gasteiger partial charge in [0.25, 0.3) is 0 Å². The molecule has 108 valence electrons. The van der Waals surface area contributed by atoms with Gasteiger partial charge < -0.3 is 14.6 Å². The quantitative estimate of drug-likeness (QED) is 0.866. The van der Waals surface area contributed by atoms with Crippen LogP contribution in [0, 0.1) is 0 Å². The molecule has 0 aliphatic carbocycles. The average molecular weight is 278 g/mol. The Balaban J connectivity index is 2.72. The molecule has 1 N–H and O–H groups in total. The predicted octanol–water partition coefficient (Wildman–Crippen LogP) is 3.47. The molecule has 1 aromatic carbocycles. The second kappa shape index (κ2) is 6.65. The van der Waals surface area contributed by atoms with Crippen molar-refractivity contribution in [2.24, 2.45) is 0 Å². The van der Waals surface area contributed by atoms with Gasteiger partial charge in [0.1, 0.15) is 11.5 Å². The number of hydrogen-bond acceptors (Lipinski definition) is 3. The van der Waals surface area contributed by atoms with E-state index in [9.17, 15) is 18.3 Å². The number of ether oxygens (including phenoxy) is 2. The zero-order chi connectivity index (χ0) is 14.5. The number of benzene rings is 1. The van der Waals surface area contributed by atoms with Gasteiger partial charge in [-0.05, 0) is 31.0 Å². The number of alkyl halides is 3. The van der Waals surface area contributed by atoms with E-state index in [2.05, 4.69) is 0 Å². The fraction of sp³-hybridized carbons (Fsp3) is 0.538. The topological polar surface area (TPSA) is 38.7 Å².